The number of carbonyl (C=O) groups excluding carboxylic acids is 16. The maximum atomic E-state index is 14.7. The van der Waals surface area contributed by atoms with Crippen molar-refractivity contribution < 1.29 is 142 Å². The first-order chi connectivity index (χ1) is 61.8. The number of phenolic OH excluding ortho intramolecular Hbond substituents is 2. The number of thioether (sulfide) groups is 1. The highest BCUT2D eigenvalue weighted by Gasteiger charge is 2.41. The molecule has 16 amide bonds. The van der Waals surface area contributed by atoms with Crippen LogP contribution in [-0.2, 0) is 110 Å². The second-order valence-electron chi connectivity index (χ2n) is 32.0. The van der Waals surface area contributed by atoms with Crippen LogP contribution in [0.1, 0.15) is 129 Å². The van der Waals surface area contributed by atoms with Gasteiger partial charge in [-0.2, -0.15) is 0 Å². The van der Waals surface area contributed by atoms with Gasteiger partial charge in [0.1, 0.15) is 84.0 Å². The minimum Gasteiger partial charge on any atom is -0.508 e. The zero-order valence-corrected chi connectivity index (χ0v) is 74.4. The predicted molar refractivity (Wildman–Crippen MR) is 466 cm³/mol. The Labute approximate surface area is 758 Å². The highest BCUT2D eigenvalue weighted by molar-refractivity contribution is 8.00. The second kappa shape index (κ2) is 56.7. The molecule has 3 aromatic rings. The highest BCUT2D eigenvalue weighted by atomic mass is 32.2. The van der Waals surface area contributed by atoms with Crippen molar-refractivity contribution in [3.63, 3.8) is 0 Å². The summed E-state index contributed by atoms with van der Waals surface area (Å²) in [6.45, 7) is 7.46. The van der Waals surface area contributed by atoms with Gasteiger partial charge in [0.25, 0.3) is 0 Å². The van der Waals surface area contributed by atoms with E-state index in [-0.39, 0.29) is 80.0 Å². The average molecular weight is 1870 g/mol. The predicted octanol–water partition coefficient (Wildman–Crippen LogP) is -7.21. The third-order valence-electron chi connectivity index (χ3n) is 20.4. The molecule has 0 saturated carbocycles. The van der Waals surface area contributed by atoms with Gasteiger partial charge in [0.15, 0.2) is 0 Å². The summed E-state index contributed by atoms with van der Waals surface area (Å²) in [4.78, 5) is 258. The van der Waals surface area contributed by atoms with Gasteiger partial charge in [0.05, 0.1) is 68.8 Å². The number of nitrogens with one attached hydrogen (secondary N) is 15. The molecule has 4 rings (SSSR count). The Balaban J connectivity index is 1.53. The molecule has 3 aromatic carbocycles. The van der Waals surface area contributed by atoms with Gasteiger partial charge in [-0.15, -0.1) is 11.8 Å². The number of carboxylic acid groups (broad SMARTS) is 3. The molecule has 27 N–H and O–H groups in total. The lowest BCUT2D eigenvalue weighted by molar-refractivity contribution is -0.142. The van der Waals surface area contributed by atoms with E-state index >= 15 is 0 Å². The number of unbranched alkanes of at least 4 members (excludes halogenated alkanes) is 1. The Bertz CT molecular complexity index is 4380. The Hall–Kier alpha value is -12.7. The molecule has 1 fully saturated rings. The van der Waals surface area contributed by atoms with Crippen molar-refractivity contribution in [3.05, 3.63) is 95.6 Å². The van der Waals surface area contributed by atoms with E-state index < -0.39 is 273 Å². The first-order valence-corrected chi connectivity index (χ1v) is 43.5. The molecule has 46 nitrogen and oxygen atoms in total. The summed E-state index contributed by atoms with van der Waals surface area (Å²) in [5, 5.41) is 138. The van der Waals surface area contributed by atoms with Crippen LogP contribution in [0.15, 0.2) is 78.9 Å². The first kappa shape index (κ1) is 111. The van der Waals surface area contributed by atoms with Crippen molar-refractivity contribution in [3.8, 4) is 11.5 Å². The van der Waals surface area contributed by atoms with Crippen LogP contribution in [0.2, 0.25) is 0 Å². The Kier molecular flexibility index (Phi) is 47.9. The summed E-state index contributed by atoms with van der Waals surface area (Å²) < 4.78 is 0. The van der Waals surface area contributed by atoms with Gasteiger partial charge in [-0.25, -0.2) is 0 Å². The van der Waals surface area contributed by atoms with Crippen LogP contribution in [0.3, 0.4) is 0 Å². The van der Waals surface area contributed by atoms with E-state index in [1.165, 1.54) is 72.5 Å². The second-order valence-corrected chi connectivity index (χ2v) is 33.0. The van der Waals surface area contributed by atoms with Crippen molar-refractivity contribution in [1.82, 2.24) is 84.7 Å². The molecule has 131 heavy (non-hydrogen) atoms. The summed E-state index contributed by atoms with van der Waals surface area (Å²) in [6.07, 6.45) is -7.27. The number of carbonyl (C=O) groups is 19. The van der Waals surface area contributed by atoms with Crippen LogP contribution in [0.4, 0.5) is 0 Å². The van der Waals surface area contributed by atoms with Gasteiger partial charge in [0, 0.05) is 51.4 Å². The molecule has 1 aliphatic rings. The molecule has 1 aliphatic heterocycles. The summed E-state index contributed by atoms with van der Waals surface area (Å²) in [6, 6.07) is -4.35. The Morgan fingerprint density at radius 1 is 0.443 bits per heavy atom. The normalized spacial score (nSPS) is 16.0. The number of rotatable bonds is 59. The topological polar surface area (TPSA) is 736 Å². The zero-order chi connectivity index (χ0) is 97.9. The highest BCUT2D eigenvalue weighted by Crippen LogP contribution is 2.19. The molecule has 0 unspecified atom stereocenters. The van der Waals surface area contributed by atoms with Gasteiger partial charge in [-0.1, -0.05) is 95.1 Å². The molecule has 1 saturated heterocycles. The molecule has 47 heteroatoms. The fraction of sp³-hybridized carbons (Fsp3) is 0.560. The molecular formula is C84H123N17O29S. The van der Waals surface area contributed by atoms with Crippen molar-refractivity contribution in [2.75, 3.05) is 57.4 Å². The largest absolute Gasteiger partial charge is 0.508 e. The summed E-state index contributed by atoms with van der Waals surface area (Å²) in [5.74, 6) is -23.9. The van der Waals surface area contributed by atoms with Gasteiger partial charge in [-0.05, 0) is 106 Å². The number of hydrogen-bond acceptors (Lipinski definition) is 28. The maximum absolute atomic E-state index is 14.7. The number of aliphatic hydroxyl groups is 5. The van der Waals surface area contributed by atoms with Crippen LogP contribution >= 0.6 is 11.8 Å². The SMILES string of the molecule is CC[C@H](C)[C@H](NC(=O)[C@H](CO)NC(=O)[C@H](Cc1ccc(O)cc1)NC(=O)[C@H](CC(=O)O)NC(=O)[C@H](CO)NC(=O)[C@@H](NC(=O)[C@H](Cc1ccccc1)NC(=O)[C@@H](NC(=O)CNC(=O)[C@H](CCC(=O)O)NC(=O)CSCC(=O)NCCN1C[C@H](O)CC1=O)[C@@H](C)O)[C@@H](C)O)C(=O)N[C@@H](Cc1ccc(O)cc1)C(=O)N[C@@H](CC(C)C)C(=O)N[C@@H](CC(=O)O)C(=O)N[C@H](C)CCCCN. The van der Waals surface area contributed by atoms with Gasteiger partial charge in [-0.3, -0.25) is 91.1 Å². The van der Waals surface area contributed by atoms with Gasteiger partial charge >= 0.3 is 17.9 Å². The number of nitrogens with zero attached hydrogens (tertiary/aromatic N) is 1. The van der Waals surface area contributed by atoms with Crippen molar-refractivity contribution in [2.45, 2.75) is 229 Å². The number of β-amino-alcohol motifs (C(OH)–C–C–N with tert-alkyl or cyclic N) is 1. The van der Waals surface area contributed by atoms with Crippen molar-refractivity contribution >= 4 is 124 Å². The van der Waals surface area contributed by atoms with Crippen LogP contribution in [0.25, 0.3) is 0 Å². The van der Waals surface area contributed by atoms with E-state index in [1.807, 2.05) is 0 Å². The number of amides is 16. The summed E-state index contributed by atoms with van der Waals surface area (Å²) in [5.41, 5.74) is 6.48. The lowest BCUT2D eigenvalue weighted by Gasteiger charge is -2.30. The first-order valence-electron chi connectivity index (χ1n) is 42.4. The number of aliphatic hydroxyl groups excluding tert-OH is 5. The number of aromatic hydroxyl groups is 2. The van der Waals surface area contributed by atoms with Crippen molar-refractivity contribution in [2.24, 2.45) is 17.6 Å². The maximum Gasteiger partial charge on any atom is 0.305 e. The molecular weight excluding hydrogens is 1740 g/mol. The monoisotopic (exact) mass is 1870 g/mol. The number of carboxylic acids is 3. The molecule has 0 aromatic heterocycles. The summed E-state index contributed by atoms with van der Waals surface area (Å²) in [7, 11) is 0. The Morgan fingerprint density at radius 2 is 0.855 bits per heavy atom. The third-order valence-corrected chi connectivity index (χ3v) is 21.4. The minimum atomic E-state index is -2.23. The molecule has 724 valence electrons. The number of likely N-dealkylation sites (tertiary alicyclic amines) is 1. The van der Waals surface area contributed by atoms with Crippen LogP contribution in [0.5, 0.6) is 11.5 Å². The molecule has 0 bridgehead atoms. The molecule has 0 spiro atoms. The fourth-order valence-electron chi connectivity index (χ4n) is 13.1. The number of nitrogens with two attached hydrogens (primary N) is 1. The fourth-order valence-corrected chi connectivity index (χ4v) is 13.8. The van der Waals surface area contributed by atoms with Gasteiger partial charge in [0.2, 0.25) is 94.5 Å². The van der Waals surface area contributed by atoms with E-state index in [9.17, 15) is 142 Å². The van der Waals surface area contributed by atoms with Crippen LogP contribution in [-0.4, -0.2) is 323 Å². The van der Waals surface area contributed by atoms with E-state index in [1.54, 1.807) is 45.9 Å². The van der Waals surface area contributed by atoms with E-state index in [4.69, 9.17) is 5.73 Å². The molecule has 1 heterocycles. The van der Waals surface area contributed by atoms with E-state index in [2.05, 4.69) is 79.8 Å². The minimum absolute atomic E-state index is 0.0398. The number of hydrogen-bond donors (Lipinski definition) is 26. The third kappa shape index (κ3) is 40.5. The Morgan fingerprint density at radius 3 is 1.32 bits per heavy atom. The van der Waals surface area contributed by atoms with Crippen LogP contribution < -0.4 is 85.5 Å². The molecule has 0 radical (unpaired) electrons. The van der Waals surface area contributed by atoms with E-state index in [0.29, 0.717) is 36.9 Å². The smallest absolute Gasteiger partial charge is 0.305 e. The lowest BCUT2D eigenvalue weighted by atomic mass is 9.96. The number of phenols is 2. The zero-order valence-electron chi connectivity index (χ0n) is 73.6. The molecule has 17 atom stereocenters. The average Bonchev–Trinajstić information content (AvgIpc) is 1.67. The van der Waals surface area contributed by atoms with Crippen LogP contribution in [0, 0.1) is 11.8 Å². The van der Waals surface area contributed by atoms with Gasteiger partial charge < -0.3 is 141 Å². The van der Waals surface area contributed by atoms with E-state index in [0.717, 1.165) is 25.6 Å². The van der Waals surface area contributed by atoms with Crippen molar-refractivity contribution in [1.29, 1.82) is 0 Å². The summed E-state index contributed by atoms with van der Waals surface area (Å²) >= 11 is 0.822. The lowest BCUT2D eigenvalue weighted by Crippen LogP contribution is -2.63. The molecule has 0 aliphatic carbocycles. The quantitative estimate of drug-likeness (QED) is 0.0234. The standard InChI is InChI=1S/C84H123N17O29S/c1-8-44(4)70(82(128)94-57(33-50-19-23-52(107)24-20-50)76(122)90-55(30-43(2)3)75(121)92-59(35-68(115)116)74(120)88-45(5)14-12-13-27-85)99-81(127)62(40-103)96-77(123)56(32-49-17-21-51(106)22-18-49)91-78(124)60(36-69(117)118)93-80(126)61(39-102)97-84(130)72(47(7)105)100-79(125)58(31-48-15-10-9-11-16-48)95-83(129)71(46(6)104)98-63(109)37-87-73(119)54(25-26-67(113)114)89-65(111)42-131-41-64(110)86-28-29-101-38-53(108)34-66(101)112/h9-11,15-24,43-47,53-62,70-72,102-108H,8,12-14,25-42,85H2,1-7H3,(H,86,110)(H,87,119)(H,88,120)(H,89,111)(H,90,122)(H,91,124)(H,92,121)(H,93,126)(H,94,128)(H,95,129)(H,96,123)(H,97,130)(H,98,109)(H,99,127)(H,100,125)(H,113,114)(H,115,116)(H,117,118)/t44-,45+,46+,47+,53+,54-,55-,56-,57-,58-,59-,60-,61-,62-,70-,71-,72-/m0/s1. The number of benzene rings is 3. The number of aliphatic carboxylic acids is 3.